The Morgan fingerprint density at radius 1 is 1.29 bits per heavy atom. The Morgan fingerprint density at radius 2 is 2.07 bits per heavy atom. The summed E-state index contributed by atoms with van der Waals surface area (Å²) in [5, 5.41) is 1.01. The third-order valence-corrected chi connectivity index (χ3v) is 2.20. The summed E-state index contributed by atoms with van der Waals surface area (Å²) in [4.78, 5) is 4.41. The van der Waals surface area contributed by atoms with E-state index in [4.69, 9.17) is 10.5 Å². The Morgan fingerprint density at radius 3 is 2.79 bits per heavy atom. The molecule has 1 heterocycles. The normalized spacial score (nSPS) is 10.4. The lowest BCUT2D eigenvalue weighted by Gasteiger charge is -2.06. The van der Waals surface area contributed by atoms with E-state index in [9.17, 15) is 0 Å². The molecule has 0 saturated carbocycles. The molecule has 1 aromatic heterocycles. The summed E-state index contributed by atoms with van der Waals surface area (Å²) in [5.74, 6) is 0.795. The molecule has 0 aliphatic carbocycles. The highest BCUT2D eigenvalue weighted by Gasteiger charge is 2.02. The van der Waals surface area contributed by atoms with Crippen LogP contribution in [0.3, 0.4) is 0 Å². The van der Waals surface area contributed by atoms with Gasteiger partial charge in [0.1, 0.15) is 5.75 Å². The zero-order valence-electron chi connectivity index (χ0n) is 8.24. The lowest BCUT2D eigenvalue weighted by Crippen LogP contribution is -1.92. The molecular weight excluding hydrogens is 176 g/mol. The molecule has 1 aromatic carbocycles. The molecule has 2 rings (SSSR count). The van der Waals surface area contributed by atoms with Crippen molar-refractivity contribution in [3.8, 4) is 5.75 Å². The maximum Gasteiger partial charge on any atom is 0.140 e. The van der Waals surface area contributed by atoms with Gasteiger partial charge in [0.15, 0.2) is 0 Å². The van der Waals surface area contributed by atoms with E-state index in [-0.39, 0.29) is 0 Å². The van der Waals surface area contributed by atoms with Gasteiger partial charge in [-0.1, -0.05) is 0 Å². The lowest BCUT2D eigenvalue weighted by atomic mass is 10.2. The fraction of sp³-hybridized carbons (Fsp3) is 0.182. The summed E-state index contributed by atoms with van der Waals surface area (Å²) in [7, 11) is 1.64. The van der Waals surface area contributed by atoms with Gasteiger partial charge >= 0.3 is 0 Å². The predicted molar refractivity (Wildman–Crippen MR) is 57.4 cm³/mol. The van der Waals surface area contributed by atoms with Crippen molar-refractivity contribution in [1.82, 2.24) is 4.98 Å². The van der Waals surface area contributed by atoms with Crippen LogP contribution in [0.2, 0.25) is 0 Å². The van der Waals surface area contributed by atoms with Crippen LogP contribution in [0.5, 0.6) is 5.75 Å². The van der Waals surface area contributed by atoms with Crippen molar-refractivity contribution in [2.45, 2.75) is 6.92 Å². The molecule has 0 atom stereocenters. The van der Waals surface area contributed by atoms with Crippen LogP contribution in [-0.4, -0.2) is 12.1 Å². The minimum absolute atomic E-state index is 0.741. The zero-order valence-corrected chi connectivity index (χ0v) is 8.24. The van der Waals surface area contributed by atoms with E-state index in [1.165, 1.54) is 0 Å². The number of anilines is 1. The number of nitrogens with zero attached hydrogens (tertiary/aromatic N) is 1. The molecule has 2 N–H and O–H groups in total. The minimum Gasteiger partial charge on any atom is -0.495 e. The van der Waals surface area contributed by atoms with Crippen LogP contribution in [-0.2, 0) is 0 Å². The van der Waals surface area contributed by atoms with Crippen molar-refractivity contribution in [2.24, 2.45) is 0 Å². The summed E-state index contributed by atoms with van der Waals surface area (Å²) in [5.41, 5.74) is 8.26. The molecule has 0 unspecified atom stereocenters. The highest BCUT2D eigenvalue weighted by atomic mass is 16.5. The van der Waals surface area contributed by atoms with Crippen LogP contribution in [0.1, 0.15) is 5.69 Å². The SMILES string of the molecule is COc1cc2cc(N)ccc2nc1C. The van der Waals surface area contributed by atoms with Crippen molar-refractivity contribution in [2.75, 3.05) is 12.8 Å². The Balaban J connectivity index is 2.73. The summed E-state index contributed by atoms with van der Waals surface area (Å²) < 4.78 is 5.19. The predicted octanol–water partition coefficient (Wildman–Crippen LogP) is 2.13. The third kappa shape index (κ3) is 1.37. The molecule has 0 saturated heterocycles. The van der Waals surface area contributed by atoms with E-state index >= 15 is 0 Å². The number of nitrogens with two attached hydrogens (primary N) is 1. The van der Waals surface area contributed by atoms with Gasteiger partial charge in [0.2, 0.25) is 0 Å². The van der Waals surface area contributed by atoms with Gasteiger partial charge in [0, 0.05) is 11.1 Å². The van der Waals surface area contributed by atoms with Gasteiger partial charge in [-0.25, -0.2) is 4.98 Å². The average Bonchev–Trinajstić information content (AvgIpc) is 2.17. The number of rotatable bonds is 1. The van der Waals surface area contributed by atoms with Crippen LogP contribution in [0.15, 0.2) is 24.3 Å². The highest BCUT2D eigenvalue weighted by Crippen LogP contribution is 2.23. The van der Waals surface area contributed by atoms with Gasteiger partial charge in [-0.2, -0.15) is 0 Å². The molecule has 0 bridgehead atoms. The van der Waals surface area contributed by atoms with Crippen LogP contribution in [0.25, 0.3) is 10.9 Å². The number of ether oxygens (including phenoxy) is 1. The number of hydrogen-bond acceptors (Lipinski definition) is 3. The molecule has 0 spiro atoms. The second-order valence-corrected chi connectivity index (χ2v) is 3.23. The number of fused-ring (bicyclic) bond motifs is 1. The molecule has 0 fully saturated rings. The van der Waals surface area contributed by atoms with Crippen molar-refractivity contribution < 1.29 is 4.74 Å². The molecule has 0 aliphatic rings. The number of methoxy groups -OCH3 is 1. The number of aromatic nitrogens is 1. The first-order chi connectivity index (χ1) is 6.70. The molecule has 14 heavy (non-hydrogen) atoms. The molecule has 0 amide bonds. The number of benzene rings is 1. The quantitative estimate of drug-likeness (QED) is 0.697. The maximum absolute atomic E-state index is 5.68. The lowest BCUT2D eigenvalue weighted by molar-refractivity contribution is 0.410. The van der Waals surface area contributed by atoms with Gasteiger partial charge in [0.25, 0.3) is 0 Å². The highest BCUT2D eigenvalue weighted by molar-refractivity contribution is 5.83. The molecule has 3 heteroatoms. The maximum atomic E-state index is 5.68. The second kappa shape index (κ2) is 3.18. The standard InChI is InChI=1S/C11H12N2O/c1-7-11(14-2)6-8-5-9(12)3-4-10(8)13-7/h3-6H,12H2,1-2H3. The van der Waals surface area contributed by atoms with E-state index in [1.54, 1.807) is 7.11 Å². The topological polar surface area (TPSA) is 48.1 Å². The summed E-state index contributed by atoms with van der Waals surface area (Å²) in [6.45, 7) is 1.93. The molecule has 2 aromatic rings. The van der Waals surface area contributed by atoms with Gasteiger partial charge in [0.05, 0.1) is 18.3 Å². The number of nitrogen functional groups attached to an aromatic ring is 1. The first kappa shape index (κ1) is 8.81. The van der Waals surface area contributed by atoms with E-state index in [0.29, 0.717) is 0 Å². The fourth-order valence-electron chi connectivity index (χ4n) is 1.48. The molecular formula is C11H12N2O. The van der Waals surface area contributed by atoms with Gasteiger partial charge in [-0.05, 0) is 31.2 Å². The van der Waals surface area contributed by atoms with Crippen LogP contribution in [0, 0.1) is 6.92 Å². The van der Waals surface area contributed by atoms with Crippen LogP contribution in [0.4, 0.5) is 5.69 Å². The summed E-state index contributed by atoms with van der Waals surface area (Å²) in [6.07, 6.45) is 0. The van der Waals surface area contributed by atoms with Crippen molar-refractivity contribution in [3.05, 3.63) is 30.0 Å². The molecule has 3 nitrogen and oxygen atoms in total. The van der Waals surface area contributed by atoms with Gasteiger partial charge in [-0.15, -0.1) is 0 Å². The molecule has 0 aliphatic heterocycles. The monoisotopic (exact) mass is 188 g/mol. The Labute approximate surface area is 82.5 Å². The Kier molecular flexibility index (Phi) is 2.00. The smallest absolute Gasteiger partial charge is 0.140 e. The van der Waals surface area contributed by atoms with E-state index in [2.05, 4.69) is 4.98 Å². The van der Waals surface area contributed by atoms with Crippen LogP contribution < -0.4 is 10.5 Å². The van der Waals surface area contributed by atoms with Crippen molar-refractivity contribution >= 4 is 16.6 Å². The van der Waals surface area contributed by atoms with Gasteiger partial charge in [-0.3, -0.25) is 0 Å². The van der Waals surface area contributed by atoms with Gasteiger partial charge < -0.3 is 10.5 Å². The largest absolute Gasteiger partial charge is 0.495 e. The second-order valence-electron chi connectivity index (χ2n) is 3.23. The average molecular weight is 188 g/mol. The number of pyridine rings is 1. The van der Waals surface area contributed by atoms with Crippen molar-refractivity contribution in [3.63, 3.8) is 0 Å². The van der Waals surface area contributed by atoms with E-state index in [1.807, 2.05) is 31.2 Å². The third-order valence-electron chi connectivity index (χ3n) is 2.20. The minimum atomic E-state index is 0.741. The van der Waals surface area contributed by atoms with Crippen LogP contribution >= 0.6 is 0 Å². The van der Waals surface area contributed by atoms with E-state index < -0.39 is 0 Å². The molecule has 72 valence electrons. The zero-order chi connectivity index (χ0) is 10.1. The summed E-state index contributed by atoms with van der Waals surface area (Å²) in [6, 6.07) is 7.61. The first-order valence-electron chi connectivity index (χ1n) is 4.41. The Bertz CT molecular complexity index is 480. The number of aryl methyl sites for hydroxylation is 1. The molecule has 0 radical (unpaired) electrons. The van der Waals surface area contributed by atoms with Crippen molar-refractivity contribution in [1.29, 1.82) is 0 Å². The van der Waals surface area contributed by atoms with E-state index in [0.717, 1.165) is 28.0 Å². The number of hydrogen-bond donors (Lipinski definition) is 1. The Hall–Kier alpha value is -1.77. The fourth-order valence-corrected chi connectivity index (χ4v) is 1.48. The first-order valence-corrected chi connectivity index (χ1v) is 4.41. The summed E-state index contributed by atoms with van der Waals surface area (Å²) >= 11 is 0.